The highest BCUT2D eigenvalue weighted by molar-refractivity contribution is 7.11. The molecule has 2 N–H and O–H groups in total. The van der Waals surface area contributed by atoms with Gasteiger partial charge in [0.1, 0.15) is 0 Å². The number of nitrogens with zero attached hydrogens (tertiary/aromatic N) is 1. The number of carboxylic acids is 1. The molecular weight excluding hydrogens is 288 g/mol. The fourth-order valence-corrected chi connectivity index (χ4v) is 4.06. The predicted octanol–water partition coefficient (Wildman–Crippen LogP) is 2.97. The molecule has 1 aromatic rings. The first kappa shape index (κ1) is 15.9. The molecule has 0 aliphatic heterocycles. The highest BCUT2D eigenvalue weighted by atomic mass is 32.1. The van der Waals surface area contributed by atoms with Gasteiger partial charge in [0.25, 0.3) is 0 Å². The number of thiazole rings is 1. The van der Waals surface area contributed by atoms with Crippen LogP contribution in [0, 0.1) is 19.3 Å². The van der Waals surface area contributed by atoms with Crippen LogP contribution in [0.4, 0.5) is 0 Å². The summed E-state index contributed by atoms with van der Waals surface area (Å²) >= 11 is 1.57. The highest BCUT2D eigenvalue weighted by Gasteiger charge is 2.43. The van der Waals surface area contributed by atoms with Gasteiger partial charge >= 0.3 is 5.97 Å². The number of carboxylic acid groups (broad SMARTS) is 1. The largest absolute Gasteiger partial charge is 0.481 e. The number of amides is 1. The number of hydrogen-bond donors (Lipinski definition) is 2. The number of aryl methyl sites for hydroxylation is 2. The Hall–Kier alpha value is -1.43. The summed E-state index contributed by atoms with van der Waals surface area (Å²) in [6, 6.07) is -0.129. The number of carbonyl (C=O) groups is 2. The average Bonchev–Trinajstić information content (AvgIpc) is 2.96. The van der Waals surface area contributed by atoms with E-state index >= 15 is 0 Å². The molecule has 1 aliphatic carbocycles. The van der Waals surface area contributed by atoms with Gasteiger partial charge < -0.3 is 10.4 Å². The number of nitrogens with one attached hydrogen (secondary N) is 1. The third kappa shape index (κ3) is 3.43. The minimum Gasteiger partial charge on any atom is -0.481 e. The maximum absolute atomic E-state index is 12.2. The van der Waals surface area contributed by atoms with Crippen LogP contribution in [0.2, 0.25) is 0 Å². The zero-order valence-electron chi connectivity index (χ0n) is 12.7. The minimum absolute atomic E-state index is 0.0729. The van der Waals surface area contributed by atoms with Crippen molar-refractivity contribution in [3.63, 3.8) is 0 Å². The summed E-state index contributed by atoms with van der Waals surface area (Å²) in [4.78, 5) is 29.1. The summed E-state index contributed by atoms with van der Waals surface area (Å²) in [7, 11) is 0. The van der Waals surface area contributed by atoms with Crippen molar-refractivity contribution >= 4 is 23.2 Å². The van der Waals surface area contributed by atoms with Crippen LogP contribution in [0.5, 0.6) is 0 Å². The van der Waals surface area contributed by atoms with Gasteiger partial charge in [-0.05, 0) is 33.6 Å². The molecule has 6 heteroatoms. The topological polar surface area (TPSA) is 79.3 Å². The molecule has 1 unspecified atom stereocenters. The molecule has 0 bridgehead atoms. The van der Waals surface area contributed by atoms with E-state index in [0.29, 0.717) is 12.8 Å². The second-order valence-corrected chi connectivity index (χ2v) is 7.18. The summed E-state index contributed by atoms with van der Waals surface area (Å²) in [6.07, 6.45) is 3.06. The summed E-state index contributed by atoms with van der Waals surface area (Å²) < 4.78 is 0. The maximum atomic E-state index is 12.2. The van der Waals surface area contributed by atoms with Gasteiger partial charge in [0.2, 0.25) is 5.91 Å². The number of carbonyl (C=O) groups excluding carboxylic acids is 1. The summed E-state index contributed by atoms with van der Waals surface area (Å²) in [6.45, 7) is 5.78. The summed E-state index contributed by atoms with van der Waals surface area (Å²) in [5, 5.41) is 13.3. The van der Waals surface area contributed by atoms with Crippen molar-refractivity contribution in [2.75, 3.05) is 0 Å². The van der Waals surface area contributed by atoms with Crippen molar-refractivity contribution in [1.82, 2.24) is 10.3 Å². The number of rotatable bonds is 5. The number of hydrogen-bond acceptors (Lipinski definition) is 4. The summed E-state index contributed by atoms with van der Waals surface area (Å²) in [5.74, 6) is -1.02. The molecule has 1 heterocycles. The molecule has 21 heavy (non-hydrogen) atoms. The fourth-order valence-electron chi connectivity index (χ4n) is 3.13. The van der Waals surface area contributed by atoms with Crippen LogP contribution in [0.3, 0.4) is 0 Å². The standard InChI is InChI=1S/C15H22N2O3S/c1-9-13(21-11(3)16-9)10(2)17-12(18)8-15(14(19)20)6-4-5-7-15/h10H,4-8H2,1-3H3,(H,17,18)(H,19,20). The van der Waals surface area contributed by atoms with E-state index in [1.165, 1.54) is 0 Å². The van der Waals surface area contributed by atoms with Crippen LogP contribution < -0.4 is 5.32 Å². The van der Waals surface area contributed by atoms with E-state index in [1.54, 1.807) is 11.3 Å². The van der Waals surface area contributed by atoms with Gasteiger partial charge in [-0.1, -0.05) is 12.8 Å². The molecule has 1 fully saturated rings. The van der Waals surface area contributed by atoms with E-state index in [9.17, 15) is 14.7 Å². The maximum Gasteiger partial charge on any atom is 0.310 e. The van der Waals surface area contributed by atoms with E-state index in [2.05, 4.69) is 10.3 Å². The second kappa shape index (κ2) is 6.13. The molecule has 1 aliphatic rings. The Kier molecular flexibility index (Phi) is 4.66. The molecule has 1 atom stereocenters. The van der Waals surface area contributed by atoms with Crippen LogP contribution in [0.15, 0.2) is 0 Å². The molecule has 116 valence electrons. The van der Waals surface area contributed by atoms with Gasteiger partial charge in [0.05, 0.1) is 22.2 Å². The molecule has 1 aromatic heterocycles. The van der Waals surface area contributed by atoms with Crippen LogP contribution >= 0.6 is 11.3 Å². The van der Waals surface area contributed by atoms with Crippen LogP contribution in [0.25, 0.3) is 0 Å². The third-order valence-corrected chi connectivity index (χ3v) is 5.48. The van der Waals surface area contributed by atoms with Crippen molar-refractivity contribution in [3.05, 3.63) is 15.6 Å². The van der Waals surface area contributed by atoms with E-state index in [1.807, 2.05) is 20.8 Å². The van der Waals surface area contributed by atoms with Crippen molar-refractivity contribution < 1.29 is 14.7 Å². The smallest absolute Gasteiger partial charge is 0.310 e. The average molecular weight is 310 g/mol. The normalized spacial score (nSPS) is 18.4. The van der Waals surface area contributed by atoms with Crippen molar-refractivity contribution in [1.29, 1.82) is 0 Å². The molecular formula is C15H22N2O3S. The highest BCUT2D eigenvalue weighted by Crippen LogP contribution is 2.41. The van der Waals surface area contributed by atoms with E-state index in [4.69, 9.17) is 0 Å². The van der Waals surface area contributed by atoms with Gasteiger partial charge in [0, 0.05) is 11.3 Å². The minimum atomic E-state index is -0.859. The van der Waals surface area contributed by atoms with E-state index in [-0.39, 0.29) is 18.4 Å². The van der Waals surface area contributed by atoms with Gasteiger partial charge in [-0.25, -0.2) is 4.98 Å². The molecule has 1 saturated carbocycles. The zero-order chi connectivity index (χ0) is 15.6. The molecule has 2 rings (SSSR count). The zero-order valence-corrected chi connectivity index (χ0v) is 13.5. The van der Waals surface area contributed by atoms with Gasteiger partial charge in [-0.2, -0.15) is 0 Å². The lowest BCUT2D eigenvalue weighted by Gasteiger charge is -2.24. The monoisotopic (exact) mass is 310 g/mol. The van der Waals surface area contributed by atoms with Crippen molar-refractivity contribution in [3.8, 4) is 0 Å². The first-order valence-corrected chi connectivity index (χ1v) is 8.12. The first-order chi connectivity index (χ1) is 9.84. The molecule has 0 radical (unpaired) electrons. The molecule has 1 amide bonds. The Morgan fingerprint density at radius 3 is 2.48 bits per heavy atom. The quantitative estimate of drug-likeness (QED) is 0.876. The van der Waals surface area contributed by atoms with Crippen LogP contribution in [-0.4, -0.2) is 22.0 Å². The Balaban J connectivity index is 2.01. The first-order valence-electron chi connectivity index (χ1n) is 7.31. The summed E-state index contributed by atoms with van der Waals surface area (Å²) in [5.41, 5.74) is 0.0711. The molecule has 0 spiro atoms. The Labute approximate surface area is 128 Å². The van der Waals surface area contributed by atoms with Gasteiger partial charge in [-0.15, -0.1) is 11.3 Å². The fraction of sp³-hybridized carbons (Fsp3) is 0.667. The lowest BCUT2D eigenvalue weighted by molar-refractivity contribution is -0.151. The molecule has 0 saturated heterocycles. The predicted molar refractivity (Wildman–Crippen MR) is 81.3 cm³/mol. The third-order valence-electron chi connectivity index (χ3n) is 4.22. The van der Waals surface area contributed by atoms with Crippen LogP contribution in [0.1, 0.15) is 60.6 Å². The molecule has 0 aromatic carbocycles. The van der Waals surface area contributed by atoms with Gasteiger partial charge in [-0.3, -0.25) is 9.59 Å². The number of aromatic nitrogens is 1. The van der Waals surface area contributed by atoms with E-state index < -0.39 is 11.4 Å². The van der Waals surface area contributed by atoms with Crippen molar-refractivity contribution in [2.45, 2.75) is 58.9 Å². The Morgan fingerprint density at radius 1 is 1.38 bits per heavy atom. The van der Waals surface area contributed by atoms with Crippen LogP contribution in [-0.2, 0) is 9.59 Å². The van der Waals surface area contributed by atoms with E-state index in [0.717, 1.165) is 28.4 Å². The Bertz CT molecular complexity index is 547. The Morgan fingerprint density at radius 2 is 2.00 bits per heavy atom. The lowest BCUT2D eigenvalue weighted by atomic mass is 9.82. The van der Waals surface area contributed by atoms with Gasteiger partial charge in [0.15, 0.2) is 0 Å². The van der Waals surface area contributed by atoms with Crippen molar-refractivity contribution in [2.24, 2.45) is 5.41 Å². The molecule has 5 nitrogen and oxygen atoms in total. The SMILES string of the molecule is Cc1nc(C)c(C(C)NC(=O)CC2(C(=O)O)CCCC2)s1. The second-order valence-electron chi connectivity index (χ2n) is 5.94. The lowest BCUT2D eigenvalue weighted by Crippen LogP contribution is -2.36. The number of aliphatic carboxylic acids is 1.